The van der Waals surface area contributed by atoms with Crippen LogP contribution in [0.5, 0.6) is 0 Å². The van der Waals surface area contributed by atoms with Crippen molar-refractivity contribution in [3.8, 4) is 0 Å². The zero-order chi connectivity index (χ0) is 17.9. The van der Waals surface area contributed by atoms with Crippen LogP contribution in [0.3, 0.4) is 0 Å². The van der Waals surface area contributed by atoms with Gasteiger partial charge in [0.2, 0.25) is 5.91 Å². The van der Waals surface area contributed by atoms with E-state index in [0.29, 0.717) is 17.6 Å². The summed E-state index contributed by atoms with van der Waals surface area (Å²) in [6.45, 7) is 1.46. The number of hydrogen-bond donors (Lipinski definition) is 1. The van der Waals surface area contributed by atoms with E-state index in [0.717, 1.165) is 36.0 Å². The molecule has 0 spiro atoms. The molecule has 1 amide bonds. The molecular weight excluding hydrogens is 350 g/mol. The van der Waals surface area contributed by atoms with Crippen LogP contribution in [0.25, 0.3) is 11.1 Å². The molecule has 0 bridgehead atoms. The first kappa shape index (κ1) is 16.9. The average Bonchev–Trinajstić information content (AvgIpc) is 3.28. The number of anilines is 1. The normalized spacial score (nSPS) is 17.0. The second kappa shape index (κ2) is 7.38. The lowest BCUT2D eigenvalue weighted by molar-refractivity contribution is -0.120. The molecule has 1 aliphatic heterocycles. The van der Waals surface area contributed by atoms with Crippen LogP contribution in [0, 0.1) is 0 Å². The third-order valence-corrected chi connectivity index (χ3v) is 5.12. The van der Waals surface area contributed by atoms with Crippen LogP contribution in [-0.4, -0.2) is 30.0 Å². The largest absolute Gasteiger partial charge is 0.423 e. The molecule has 0 radical (unpaired) electrons. The van der Waals surface area contributed by atoms with Crippen molar-refractivity contribution in [2.24, 2.45) is 0 Å². The Balaban J connectivity index is 1.39. The molecule has 0 saturated carbocycles. The molecule has 4 rings (SSSR count). The first-order chi connectivity index (χ1) is 12.7. The fraction of sp³-hybridized carbons (Fsp3) is 0.300. The van der Waals surface area contributed by atoms with Gasteiger partial charge in [-0.25, -0.2) is 0 Å². The van der Waals surface area contributed by atoms with E-state index in [2.05, 4.69) is 15.2 Å². The quantitative estimate of drug-likeness (QED) is 0.743. The van der Waals surface area contributed by atoms with Gasteiger partial charge in [-0.05, 0) is 36.6 Å². The molecule has 134 valence electrons. The van der Waals surface area contributed by atoms with Crippen LogP contribution < -0.4 is 10.2 Å². The molecule has 2 heterocycles. The number of halogens is 1. The minimum Gasteiger partial charge on any atom is -0.423 e. The summed E-state index contributed by atoms with van der Waals surface area (Å²) in [5.41, 5.74) is 2.49. The second-order valence-corrected chi connectivity index (χ2v) is 6.93. The Hall–Kier alpha value is -2.53. The highest BCUT2D eigenvalue weighted by atomic mass is 35.5. The lowest BCUT2D eigenvalue weighted by Gasteiger charge is -2.23. The summed E-state index contributed by atoms with van der Waals surface area (Å²) >= 11 is 6.13. The molecule has 1 unspecified atom stereocenters. The molecule has 26 heavy (non-hydrogen) atoms. The van der Waals surface area contributed by atoms with E-state index in [1.54, 1.807) is 6.07 Å². The number of amides is 1. The maximum absolute atomic E-state index is 12.3. The number of rotatable bonds is 5. The number of para-hydroxylation sites is 2. The number of nitrogens with zero attached hydrogens (tertiary/aromatic N) is 2. The van der Waals surface area contributed by atoms with Crippen LogP contribution in [0.15, 0.2) is 52.9 Å². The van der Waals surface area contributed by atoms with E-state index in [-0.39, 0.29) is 18.4 Å². The average molecular weight is 370 g/mol. The van der Waals surface area contributed by atoms with Crippen molar-refractivity contribution in [2.75, 3.05) is 18.0 Å². The molecule has 0 aliphatic carbocycles. The van der Waals surface area contributed by atoms with Gasteiger partial charge in [-0.3, -0.25) is 4.79 Å². The highest BCUT2D eigenvalue weighted by molar-refractivity contribution is 6.31. The molecule has 5 nitrogen and oxygen atoms in total. The van der Waals surface area contributed by atoms with Gasteiger partial charge in [-0.15, -0.1) is 0 Å². The standard InChI is InChI=1S/C20H20ClN3O2/c21-16-8-2-1-6-14(16)12-19(25)22-13-15-7-5-11-24(15)20-23-17-9-3-4-10-18(17)26-20/h1-4,6,8-10,15H,5,7,11-13H2,(H,22,25). The molecule has 1 N–H and O–H groups in total. The molecule has 6 heteroatoms. The van der Waals surface area contributed by atoms with Crippen molar-refractivity contribution in [3.63, 3.8) is 0 Å². The summed E-state index contributed by atoms with van der Waals surface area (Å²) in [6.07, 6.45) is 2.35. The Bertz CT molecular complexity index is 891. The summed E-state index contributed by atoms with van der Waals surface area (Å²) < 4.78 is 5.89. The van der Waals surface area contributed by atoms with Gasteiger partial charge in [0, 0.05) is 18.1 Å². The zero-order valence-corrected chi connectivity index (χ0v) is 15.1. The van der Waals surface area contributed by atoms with Crippen molar-refractivity contribution >= 4 is 34.6 Å². The van der Waals surface area contributed by atoms with E-state index < -0.39 is 0 Å². The van der Waals surface area contributed by atoms with Crippen molar-refractivity contribution in [1.29, 1.82) is 0 Å². The van der Waals surface area contributed by atoms with Gasteiger partial charge in [0.05, 0.1) is 12.5 Å². The number of carbonyl (C=O) groups is 1. The minimum atomic E-state index is -0.0254. The monoisotopic (exact) mass is 369 g/mol. The molecule has 3 aromatic rings. The summed E-state index contributed by atoms with van der Waals surface area (Å²) in [5, 5.41) is 3.65. The second-order valence-electron chi connectivity index (χ2n) is 6.53. The van der Waals surface area contributed by atoms with Gasteiger partial charge < -0.3 is 14.6 Å². The molecule has 1 atom stereocenters. The summed E-state index contributed by atoms with van der Waals surface area (Å²) in [6, 6.07) is 16.0. The van der Waals surface area contributed by atoms with Crippen molar-refractivity contribution < 1.29 is 9.21 Å². The number of nitrogens with one attached hydrogen (secondary N) is 1. The van der Waals surface area contributed by atoms with Crippen molar-refractivity contribution in [2.45, 2.75) is 25.3 Å². The highest BCUT2D eigenvalue weighted by Gasteiger charge is 2.28. The molecule has 1 saturated heterocycles. The van der Waals surface area contributed by atoms with Crippen LogP contribution in [0.2, 0.25) is 5.02 Å². The van der Waals surface area contributed by atoms with Crippen LogP contribution >= 0.6 is 11.6 Å². The lowest BCUT2D eigenvalue weighted by Crippen LogP contribution is -2.40. The van der Waals surface area contributed by atoms with Crippen molar-refractivity contribution in [3.05, 3.63) is 59.1 Å². The van der Waals surface area contributed by atoms with Gasteiger partial charge in [0.1, 0.15) is 5.52 Å². The number of carbonyl (C=O) groups excluding carboxylic acids is 1. The zero-order valence-electron chi connectivity index (χ0n) is 14.3. The van der Waals surface area contributed by atoms with Crippen LogP contribution in [-0.2, 0) is 11.2 Å². The highest BCUT2D eigenvalue weighted by Crippen LogP contribution is 2.28. The molecular formula is C20H20ClN3O2. The molecule has 1 fully saturated rings. The topological polar surface area (TPSA) is 58.4 Å². The fourth-order valence-corrected chi connectivity index (χ4v) is 3.59. The van der Waals surface area contributed by atoms with Crippen LogP contribution in [0.4, 0.5) is 6.01 Å². The van der Waals surface area contributed by atoms with Gasteiger partial charge in [0.15, 0.2) is 5.58 Å². The Morgan fingerprint density at radius 1 is 1.23 bits per heavy atom. The molecule has 1 aliphatic rings. The number of aromatic nitrogens is 1. The van der Waals surface area contributed by atoms with E-state index in [1.165, 1.54) is 0 Å². The molecule has 1 aromatic heterocycles. The lowest BCUT2D eigenvalue weighted by atomic mass is 10.1. The minimum absolute atomic E-state index is 0.0254. The number of fused-ring (bicyclic) bond motifs is 1. The maximum atomic E-state index is 12.3. The number of oxazole rings is 1. The van der Waals surface area contributed by atoms with E-state index in [9.17, 15) is 4.79 Å². The third kappa shape index (κ3) is 3.53. The molecule has 2 aromatic carbocycles. The smallest absolute Gasteiger partial charge is 0.298 e. The first-order valence-electron chi connectivity index (χ1n) is 8.83. The fourth-order valence-electron chi connectivity index (χ4n) is 3.39. The summed E-state index contributed by atoms with van der Waals surface area (Å²) in [4.78, 5) is 19.0. The van der Waals surface area contributed by atoms with Gasteiger partial charge >= 0.3 is 0 Å². The predicted molar refractivity (Wildman–Crippen MR) is 103 cm³/mol. The van der Waals surface area contributed by atoms with Gasteiger partial charge in [0.25, 0.3) is 6.01 Å². The van der Waals surface area contributed by atoms with E-state index in [1.807, 2.05) is 42.5 Å². The van der Waals surface area contributed by atoms with Crippen molar-refractivity contribution in [1.82, 2.24) is 10.3 Å². The maximum Gasteiger partial charge on any atom is 0.298 e. The number of hydrogen-bond acceptors (Lipinski definition) is 4. The first-order valence-corrected chi connectivity index (χ1v) is 9.21. The van der Waals surface area contributed by atoms with E-state index in [4.69, 9.17) is 16.0 Å². The predicted octanol–water partition coefficient (Wildman–Crippen LogP) is 3.81. The Labute approximate surface area is 157 Å². The van der Waals surface area contributed by atoms with Gasteiger partial charge in [-0.2, -0.15) is 4.98 Å². The summed E-state index contributed by atoms with van der Waals surface area (Å²) in [5.74, 6) is -0.0254. The Morgan fingerprint density at radius 3 is 2.88 bits per heavy atom. The van der Waals surface area contributed by atoms with Gasteiger partial charge in [-0.1, -0.05) is 41.9 Å². The summed E-state index contributed by atoms with van der Waals surface area (Å²) in [7, 11) is 0. The van der Waals surface area contributed by atoms with Crippen LogP contribution in [0.1, 0.15) is 18.4 Å². The Kier molecular flexibility index (Phi) is 4.80. The SMILES string of the molecule is O=C(Cc1ccccc1Cl)NCC1CCCN1c1nc2ccccc2o1. The number of benzene rings is 2. The third-order valence-electron chi connectivity index (χ3n) is 4.75. The van der Waals surface area contributed by atoms with E-state index >= 15 is 0 Å². The Morgan fingerprint density at radius 2 is 2.04 bits per heavy atom.